The molecule has 0 unspecified atom stereocenters. The lowest BCUT2D eigenvalue weighted by molar-refractivity contribution is 0.409. The lowest BCUT2D eigenvalue weighted by atomic mass is 9.95. The van der Waals surface area contributed by atoms with Gasteiger partial charge in [-0.05, 0) is 23.6 Å². The molecule has 3 aromatic rings. The second-order valence-corrected chi connectivity index (χ2v) is 4.89. The molecule has 0 radical (unpaired) electrons. The van der Waals surface area contributed by atoms with E-state index in [1.54, 1.807) is 13.3 Å². The Kier molecular flexibility index (Phi) is 4.01. The van der Waals surface area contributed by atoms with Crippen LogP contribution < -0.4 is 4.74 Å². The number of aromatic nitrogens is 2. The van der Waals surface area contributed by atoms with Crippen molar-refractivity contribution in [3.05, 3.63) is 72.3 Å². The van der Waals surface area contributed by atoms with Crippen LogP contribution in [0.15, 0.2) is 60.9 Å². The van der Waals surface area contributed by atoms with E-state index in [4.69, 9.17) is 4.74 Å². The Balaban J connectivity index is 1.96. The molecule has 3 nitrogen and oxygen atoms in total. The normalized spacial score (nSPS) is 10.5. The summed E-state index contributed by atoms with van der Waals surface area (Å²) >= 11 is 0. The lowest BCUT2D eigenvalue weighted by Gasteiger charge is -2.14. The molecular weight excluding hydrogens is 260 g/mol. The summed E-state index contributed by atoms with van der Waals surface area (Å²) < 4.78 is 5.55. The Bertz CT molecular complexity index is 691. The Morgan fingerprint density at radius 2 is 1.86 bits per heavy atom. The molecule has 1 N–H and O–H groups in total. The zero-order valence-electron chi connectivity index (χ0n) is 12.0. The summed E-state index contributed by atoms with van der Waals surface area (Å²) in [6.45, 7) is 0. The van der Waals surface area contributed by atoms with Crippen LogP contribution in [-0.4, -0.2) is 17.1 Å². The van der Waals surface area contributed by atoms with E-state index in [2.05, 4.69) is 40.3 Å². The number of hydrogen-bond acceptors (Lipinski definition) is 2. The zero-order valence-corrected chi connectivity index (χ0v) is 12.0. The van der Waals surface area contributed by atoms with E-state index < -0.39 is 0 Å². The highest BCUT2D eigenvalue weighted by atomic mass is 16.5. The highest BCUT2D eigenvalue weighted by Crippen LogP contribution is 2.31. The molecule has 0 amide bonds. The van der Waals surface area contributed by atoms with Crippen LogP contribution in [0.25, 0.3) is 11.1 Å². The molecule has 0 spiro atoms. The number of imidazole rings is 1. The Labute approximate surface area is 124 Å². The molecule has 0 aliphatic rings. The first-order valence-corrected chi connectivity index (χ1v) is 7.08. The predicted molar refractivity (Wildman–Crippen MR) is 84.4 cm³/mol. The summed E-state index contributed by atoms with van der Waals surface area (Å²) in [6.07, 6.45) is 5.40. The molecule has 0 saturated carbocycles. The fraction of sp³-hybridized carbons (Fsp3) is 0.167. The van der Waals surface area contributed by atoms with Crippen molar-refractivity contribution in [3.8, 4) is 16.9 Å². The molecule has 0 atom stereocenters. The molecule has 0 aliphatic carbocycles. The molecule has 1 heterocycles. The minimum atomic E-state index is 0.868. The van der Waals surface area contributed by atoms with Gasteiger partial charge < -0.3 is 9.72 Å². The van der Waals surface area contributed by atoms with Gasteiger partial charge in [-0.3, -0.25) is 0 Å². The molecule has 0 fully saturated rings. The van der Waals surface area contributed by atoms with Crippen LogP contribution in [0.5, 0.6) is 5.75 Å². The van der Waals surface area contributed by atoms with Crippen molar-refractivity contribution >= 4 is 0 Å². The van der Waals surface area contributed by atoms with E-state index in [1.165, 1.54) is 16.7 Å². The van der Waals surface area contributed by atoms with E-state index in [9.17, 15) is 0 Å². The van der Waals surface area contributed by atoms with Crippen molar-refractivity contribution in [2.45, 2.75) is 12.8 Å². The fourth-order valence-electron chi connectivity index (χ4n) is 2.58. The Morgan fingerprint density at radius 3 is 2.57 bits per heavy atom. The number of aryl methyl sites for hydroxylation is 1. The first kappa shape index (κ1) is 13.4. The van der Waals surface area contributed by atoms with E-state index in [-0.39, 0.29) is 0 Å². The highest BCUT2D eigenvalue weighted by Gasteiger charge is 2.11. The molecule has 21 heavy (non-hydrogen) atoms. The zero-order chi connectivity index (χ0) is 14.5. The number of hydrogen-bond donors (Lipinski definition) is 1. The SMILES string of the molecule is COc1cccc(-c2ccccc2)c1CCc1ncc[nH]1. The van der Waals surface area contributed by atoms with Gasteiger partial charge in [-0.2, -0.15) is 0 Å². The van der Waals surface area contributed by atoms with Crippen LogP contribution in [0.4, 0.5) is 0 Å². The Hall–Kier alpha value is -2.55. The van der Waals surface area contributed by atoms with Crippen LogP contribution in [0.2, 0.25) is 0 Å². The summed E-state index contributed by atoms with van der Waals surface area (Å²) in [5, 5.41) is 0. The highest BCUT2D eigenvalue weighted by molar-refractivity contribution is 5.70. The quantitative estimate of drug-likeness (QED) is 0.769. The first-order valence-electron chi connectivity index (χ1n) is 7.08. The van der Waals surface area contributed by atoms with Gasteiger partial charge in [0.05, 0.1) is 7.11 Å². The molecule has 106 valence electrons. The van der Waals surface area contributed by atoms with Gasteiger partial charge in [-0.15, -0.1) is 0 Å². The molecule has 0 aliphatic heterocycles. The average molecular weight is 278 g/mol. The van der Waals surface area contributed by atoms with Crippen molar-refractivity contribution in [2.75, 3.05) is 7.11 Å². The summed E-state index contributed by atoms with van der Waals surface area (Å²) in [4.78, 5) is 7.45. The smallest absolute Gasteiger partial charge is 0.122 e. The third-order valence-electron chi connectivity index (χ3n) is 3.60. The van der Waals surface area contributed by atoms with Gasteiger partial charge in [0, 0.05) is 24.4 Å². The third kappa shape index (κ3) is 2.97. The minimum absolute atomic E-state index is 0.868. The summed E-state index contributed by atoms with van der Waals surface area (Å²) in [5.74, 6) is 1.93. The average Bonchev–Trinajstić information content (AvgIpc) is 3.07. The molecule has 3 rings (SSSR count). The van der Waals surface area contributed by atoms with Gasteiger partial charge in [0.15, 0.2) is 0 Å². The van der Waals surface area contributed by atoms with E-state index >= 15 is 0 Å². The largest absolute Gasteiger partial charge is 0.496 e. The van der Waals surface area contributed by atoms with Crippen molar-refractivity contribution in [1.29, 1.82) is 0 Å². The number of nitrogens with one attached hydrogen (secondary N) is 1. The first-order chi connectivity index (χ1) is 10.4. The molecule has 3 heteroatoms. The van der Waals surface area contributed by atoms with Crippen LogP contribution in [0, 0.1) is 0 Å². The molecule has 1 aromatic heterocycles. The Morgan fingerprint density at radius 1 is 1.00 bits per heavy atom. The van der Waals surface area contributed by atoms with Gasteiger partial charge in [-0.1, -0.05) is 42.5 Å². The number of aromatic amines is 1. The fourth-order valence-corrected chi connectivity index (χ4v) is 2.58. The summed E-state index contributed by atoms with van der Waals surface area (Å²) in [6, 6.07) is 16.6. The van der Waals surface area contributed by atoms with Crippen molar-refractivity contribution < 1.29 is 4.74 Å². The van der Waals surface area contributed by atoms with E-state index in [0.717, 1.165) is 24.4 Å². The maximum Gasteiger partial charge on any atom is 0.122 e. The van der Waals surface area contributed by atoms with Gasteiger partial charge in [0.1, 0.15) is 11.6 Å². The number of nitrogens with zero attached hydrogens (tertiary/aromatic N) is 1. The van der Waals surface area contributed by atoms with Gasteiger partial charge >= 0.3 is 0 Å². The molecule has 0 saturated heterocycles. The number of methoxy groups -OCH3 is 1. The molecule has 0 bridgehead atoms. The van der Waals surface area contributed by atoms with Gasteiger partial charge in [0.25, 0.3) is 0 Å². The number of H-pyrrole nitrogens is 1. The summed E-state index contributed by atoms with van der Waals surface area (Å²) in [7, 11) is 1.72. The number of benzene rings is 2. The van der Waals surface area contributed by atoms with Crippen molar-refractivity contribution in [3.63, 3.8) is 0 Å². The van der Waals surface area contributed by atoms with Gasteiger partial charge in [-0.25, -0.2) is 4.98 Å². The van der Waals surface area contributed by atoms with E-state index in [1.807, 2.05) is 24.4 Å². The maximum atomic E-state index is 5.55. The second kappa shape index (κ2) is 6.27. The van der Waals surface area contributed by atoms with Crippen LogP contribution in [-0.2, 0) is 12.8 Å². The van der Waals surface area contributed by atoms with Crippen LogP contribution >= 0.6 is 0 Å². The lowest BCUT2D eigenvalue weighted by Crippen LogP contribution is -1.99. The number of rotatable bonds is 5. The van der Waals surface area contributed by atoms with Crippen LogP contribution in [0.3, 0.4) is 0 Å². The summed E-state index contributed by atoms with van der Waals surface area (Å²) in [5.41, 5.74) is 3.66. The maximum absolute atomic E-state index is 5.55. The molecule has 2 aromatic carbocycles. The monoisotopic (exact) mass is 278 g/mol. The predicted octanol–water partition coefficient (Wildman–Crippen LogP) is 3.87. The van der Waals surface area contributed by atoms with Crippen molar-refractivity contribution in [2.24, 2.45) is 0 Å². The van der Waals surface area contributed by atoms with Crippen LogP contribution in [0.1, 0.15) is 11.4 Å². The standard InChI is InChI=1S/C18H18N2O/c1-21-17-9-5-8-15(14-6-3-2-4-7-14)16(17)10-11-18-19-12-13-20-18/h2-9,12-13H,10-11H2,1H3,(H,19,20). The third-order valence-corrected chi connectivity index (χ3v) is 3.60. The minimum Gasteiger partial charge on any atom is -0.496 e. The van der Waals surface area contributed by atoms with E-state index in [0.29, 0.717) is 0 Å². The molecular formula is C18H18N2O. The van der Waals surface area contributed by atoms with Crippen molar-refractivity contribution in [1.82, 2.24) is 9.97 Å². The van der Waals surface area contributed by atoms with Gasteiger partial charge in [0.2, 0.25) is 0 Å². The number of ether oxygens (including phenoxy) is 1. The second-order valence-electron chi connectivity index (χ2n) is 4.89. The topological polar surface area (TPSA) is 37.9 Å².